The van der Waals surface area contributed by atoms with Gasteiger partial charge in [-0.05, 0) is 32.1 Å². The summed E-state index contributed by atoms with van der Waals surface area (Å²) < 4.78 is 11.3. The highest BCUT2D eigenvalue weighted by Gasteiger charge is 2.40. The van der Waals surface area contributed by atoms with Gasteiger partial charge in [-0.3, -0.25) is 0 Å². The van der Waals surface area contributed by atoms with E-state index in [-0.39, 0.29) is 5.60 Å². The molecule has 2 fully saturated rings. The summed E-state index contributed by atoms with van der Waals surface area (Å²) in [6.07, 6.45) is 8.73. The molecule has 2 unspecified atom stereocenters. The molecule has 0 aromatic carbocycles. The van der Waals surface area contributed by atoms with Gasteiger partial charge >= 0.3 is 0 Å². The van der Waals surface area contributed by atoms with Crippen molar-refractivity contribution in [2.45, 2.75) is 69.6 Å². The van der Waals surface area contributed by atoms with E-state index in [1.807, 2.05) is 0 Å². The first kappa shape index (κ1) is 13.3. The SMILES string of the molecule is CCC(COC)NC1CCOC2(CCCC2)C1. The number of nitrogens with one attached hydrogen (secondary N) is 1. The van der Waals surface area contributed by atoms with Crippen LogP contribution < -0.4 is 5.32 Å². The molecule has 1 aliphatic heterocycles. The Bertz CT molecular complexity index is 226. The van der Waals surface area contributed by atoms with Crippen LogP contribution in [-0.4, -0.2) is 38.0 Å². The van der Waals surface area contributed by atoms with Crippen LogP contribution in [0.3, 0.4) is 0 Å². The molecule has 0 radical (unpaired) electrons. The molecule has 1 saturated carbocycles. The molecule has 0 amide bonds. The van der Waals surface area contributed by atoms with Crippen molar-refractivity contribution >= 4 is 0 Å². The standard InChI is InChI=1S/C14H27NO2/c1-3-12(11-16-2)15-13-6-9-17-14(10-13)7-4-5-8-14/h12-13,15H,3-11H2,1-2H3. The number of rotatable bonds is 5. The first-order valence-electron chi connectivity index (χ1n) is 7.17. The monoisotopic (exact) mass is 241 g/mol. The number of ether oxygens (including phenoxy) is 2. The Labute approximate surface area is 105 Å². The van der Waals surface area contributed by atoms with Gasteiger partial charge in [-0.1, -0.05) is 19.8 Å². The predicted octanol–water partition coefficient (Wildman–Crippen LogP) is 2.49. The van der Waals surface area contributed by atoms with Crippen LogP contribution in [-0.2, 0) is 9.47 Å². The molecule has 0 bridgehead atoms. The number of methoxy groups -OCH3 is 1. The lowest BCUT2D eigenvalue weighted by atomic mass is 9.88. The van der Waals surface area contributed by atoms with Gasteiger partial charge in [0, 0.05) is 25.8 Å². The Balaban J connectivity index is 1.84. The highest BCUT2D eigenvalue weighted by Crippen LogP contribution is 2.40. The van der Waals surface area contributed by atoms with Gasteiger partial charge in [0.25, 0.3) is 0 Å². The largest absolute Gasteiger partial charge is 0.383 e. The Morgan fingerprint density at radius 2 is 2.18 bits per heavy atom. The van der Waals surface area contributed by atoms with Crippen LogP contribution in [0.15, 0.2) is 0 Å². The van der Waals surface area contributed by atoms with Crippen LogP contribution in [0.2, 0.25) is 0 Å². The van der Waals surface area contributed by atoms with Gasteiger partial charge in [-0.2, -0.15) is 0 Å². The Morgan fingerprint density at radius 3 is 2.82 bits per heavy atom. The maximum Gasteiger partial charge on any atom is 0.0697 e. The predicted molar refractivity (Wildman–Crippen MR) is 69.3 cm³/mol. The summed E-state index contributed by atoms with van der Waals surface area (Å²) in [7, 11) is 1.78. The summed E-state index contributed by atoms with van der Waals surface area (Å²) in [4.78, 5) is 0. The molecule has 1 N–H and O–H groups in total. The zero-order valence-corrected chi connectivity index (χ0v) is 11.3. The van der Waals surface area contributed by atoms with E-state index in [2.05, 4.69) is 12.2 Å². The summed E-state index contributed by atoms with van der Waals surface area (Å²) >= 11 is 0. The highest BCUT2D eigenvalue weighted by atomic mass is 16.5. The van der Waals surface area contributed by atoms with E-state index in [1.165, 1.54) is 32.1 Å². The van der Waals surface area contributed by atoms with E-state index < -0.39 is 0 Å². The van der Waals surface area contributed by atoms with Crippen LogP contribution in [0, 0.1) is 0 Å². The lowest BCUT2D eigenvalue weighted by molar-refractivity contribution is -0.0855. The third kappa shape index (κ3) is 3.43. The zero-order chi connectivity index (χ0) is 12.1. The summed E-state index contributed by atoms with van der Waals surface area (Å²) in [6, 6.07) is 1.13. The lowest BCUT2D eigenvalue weighted by Crippen LogP contribution is -2.49. The van der Waals surface area contributed by atoms with E-state index in [9.17, 15) is 0 Å². The average Bonchev–Trinajstić information content (AvgIpc) is 2.77. The third-order valence-corrected chi connectivity index (χ3v) is 4.34. The average molecular weight is 241 g/mol. The molecule has 1 aliphatic carbocycles. The maximum absolute atomic E-state index is 6.06. The van der Waals surface area contributed by atoms with Crippen LogP contribution in [0.4, 0.5) is 0 Å². The summed E-state index contributed by atoms with van der Waals surface area (Å²) in [6.45, 7) is 3.98. The van der Waals surface area contributed by atoms with E-state index in [0.29, 0.717) is 12.1 Å². The molecule has 100 valence electrons. The van der Waals surface area contributed by atoms with E-state index in [4.69, 9.17) is 9.47 Å². The van der Waals surface area contributed by atoms with Crippen molar-refractivity contribution < 1.29 is 9.47 Å². The van der Waals surface area contributed by atoms with Crippen molar-refractivity contribution in [1.29, 1.82) is 0 Å². The number of hydrogen-bond acceptors (Lipinski definition) is 3. The van der Waals surface area contributed by atoms with E-state index in [0.717, 1.165) is 26.1 Å². The van der Waals surface area contributed by atoms with Gasteiger partial charge in [0.1, 0.15) is 0 Å². The first-order chi connectivity index (χ1) is 8.28. The topological polar surface area (TPSA) is 30.5 Å². The minimum atomic E-state index is 0.223. The molecule has 17 heavy (non-hydrogen) atoms. The quantitative estimate of drug-likeness (QED) is 0.802. The van der Waals surface area contributed by atoms with Crippen molar-refractivity contribution in [1.82, 2.24) is 5.32 Å². The molecule has 2 rings (SSSR count). The Kier molecular flexibility index (Phi) is 4.83. The molecule has 1 saturated heterocycles. The van der Waals surface area contributed by atoms with E-state index in [1.54, 1.807) is 7.11 Å². The van der Waals surface area contributed by atoms with Crippen molar-refractivity contribution in [3.05, 3.63) is 0 Å². The molecular formula is C14H27NO2. The smallest absolute Gasteiger partial charge is 0.0697 e. The zero-order valence-electron chi connectivity index (χ0n) is 11.3. The molecule has 3 heteroatoms. The summed E-state index contributed by atoms with van der Waals surface area (Å²) in [5, 5.41) is 3.75. The fraction of sp³-hybridized carbons (Fsp3) is 1.00. The minimum absolute atomic E-state index is 0.223. The van der Waals surface area contributed by atoms with Gasteiger partial charge in [-0.15, -0.1) is 0 Å². The summed E-state index contributed by atoms with van der Waals surface area (Å²) in [5.41, 5.74) is 0.223. The van der Waals surface area contributed by atoms with Gasteiger partial charge in [0.2, 0.25) is 0 Å². The fourth-order valence-electron chi connectivity index (χ4n) is 3.36. The molecule has 2 atom stereocenters. The molecule has 1 heterocycles. The van der Waals surface area contributed by atoms with Gasteiger partial charge in [0.05, 0.1) is 12.2 Å². The molecule has 2 aliphatic rings. The van der Waals surface area contributed by atoms with Crippen LogP contribution in [0.5, 0.6) is 0 Å². The Morgan fingerprint density at radius 1 is 1.41 bits per heavy atom. The minimum Gasteiger partial charge on any atom is -0.383 e. The van der Waals surface area contributed by atoms with Crippen molar-refractivity contribution in [3.8, 4) is 0 Å². The molecular weight excluding hydrogens is 214 g/mol. The van der Waals surface area contributed by atoms with Crippen molar-refractivity contribution in [2.24, 2.45) is 0 Å². The van der Waals surface area contributed by atoms with Crippen LogP contribution in [0.1, 0.15) is 51.9 Å². The van der Waals surface area contributed by atoms with Gasteiger partial charge < -0.3 is 14.8 Å². The lowest BCUT2D eigenvalue weighted by Gasteiger charge is -2.40. The molecule has 0 aromatic heterocycles. The molecule has 3 nitrogen and oxygen atoms in total. The molecule has 0 aromatic rings. The van der Waals surface area contributed by atoms with Gasteiger partial charge in [0.15, 0.2) is 0 Å². The first-order valence-corrected chi connectivity index (χ1v) is 7.17. The van der Waals surface area contributed by atoms with E-state index >= 15 is 0 Å². The second-order valence-corrected chi connectivity index (χ2v) is 5.66. The summed E-state index contributed by atoms with van der Waals surface area (Å²) in [5.74, 6) is 0. The fourth-order valence-corrected chi connectivity index (χ4v) is 3.36. The Hall–Kier alpha value is -0.120. The van der Waals surface area contributed by atoms with Gasteiger partial charge in [-0.25, -0.2) is 0 Å². The second kappa shape index (κ2) is 6.17. The van der Waals surface area contributed by atoms with Crippen molar-refractivity contribution in [2.75, 3.05) is 20.3 Å². The number of hydrogen-bond donors (Lipinski definition) is 1. The normalized spacial score (nSPS) is 29.6. The van der Waals surface area contributed by atoms with Crippen molar-refractivity contribution in [3.63, 3.8) is 0 Å². The van der Waals surface area contributed by atoms with Crippen LogP contribution >= 0.6 is 0 Å². The maximum atomic E-state index is 6.06. The highest BCUT2D eigenvalue weighted by molar-refractivity contribution is 4.94. The third-order valence-electron chi connectivity index (χ3n) is 4.34. The molecule has 1 spiro atoms. The van der Waals surface area contributed by atoms with Crippen LogP contribution in [0.25, 0.3) is 0 Å². The second-order valence-electron chi connectivity index (χ2n) is 5.66.